The van der Waals surface area contributed by atoms with E-state index >= 15 is 0 Å². The first kappa shape index (κ1) is 35.3. The molecule has 0 fully saturated rings. The Bertz CT molecular complexity index is 752. The van der Waals surface area contributed by atoms with Crippen molar-refractivity contribution < 1.29 is 24.2 Å². The molecule has 0 atom stereocenters. The van der Waals surface area contributed by atoms with Crippen LogP contribution in [-0.2, 0) is 20.7 Å². The van der Waals surface area contributed by atoms with Gasteiger partial charge in [-0.1, -0.05) is 110 Å². The first-order valence-electron chi connectivity index (χ1n) is 15.8. The Labute approximate surface area is 243 Å². The fraction of sp³-hybridized carbons (Fsp3) is 0.758. The van der Waals surface area contributed by atoms with E-state index < -0.39 is 0 Å². The van der Waals surface area contributed by atoms with E-state index in [0.717, 1.165) is 37.7 Å². The van der Waals surface area contributed by atoms with E-state index in [9.17, 15) is 14.7 Å². The van der Waals surface area contributed by atoms with Gasteiger partial charge in [-0.15, -0.1) is 0 Å². The highest BCUT2D eigenvalue weighted by Crippen LogP contribution is 2.20. The Morgan fingerprint density at radius 3 is 1.77 bits per heavy atom. The molecule has 1 rings (SSSR count). The Morgan fingerprint density at radius 2 is 1.21 bits per heavy atom. The van der Waals surface area contributed by atoms with Crippen LogP contribution in [0.1, 0.15) is 145 Å². The van der Waals surface area contributed by atoms with E-state index in [0.29, 0.717) is 36.7 Å². The van der Waals surface area contributed by atoms with Crippen molar-refractivity contribution in [1.29, 1.82) is 0 Å². The van der Waals surface area contributed by atoms with Crippen LogP contribution in [0.4, 0.5) is 0 Å². The minimum Gasteiger partial charge on any atom is -0.508 e. The molecule has 0 spiro atoms. The van der Waals surface area contributed by atoms with E-state index in [2.05, 4.69) is 13.8 Å². The van der Waals surface area contributed by atoms with Gasteiger partial charge in [0.1, 0.15) is 19.0 Å². The van der Waals surface area contributed by atoms with Crippen molar-refractivity contribution in [3.63, 3.8) is 0 Å². The molecule has 0 aliphatic heterocycles. The average Bonchev–Trinajstić information content (AvgIpc) is 2.93. The number of carbonyl (C=O) groups excluding carboxylic acids is 2. The number of hydrogen-bond donors (Lipinski definition) is 1. The molecule has 5 nitrogen and oxygen atoms in total. The SMILES string of the molecule is CCCCCCCCCCCCCCCCCC(=O)OCCSCCOC(=O)c1ccc(O)cc1CCCC. The van der Waals surface area contributed by atoms with Gasteiger partial charge in [0.15, 0.2) is 0 Å². The summed E-state index contributed by atoms with van der Waals surface area (Å²) in [5, 5.41) is 9.71. The van der Waals surface area contributed by atoms with Gasteiger partial charge in [0.05, 0.1) is 5.56 Å². The fourth-order valence-electron chi connectivity index (χ4n) is 4.65. The maximum atomic E-state index is 12.4. The van der Waals surface area contributed by atoms with Crippen LogP contribution in [0.2, 0.25) is 0 Å². The molecular formula is C33H56O5S. The van der Waals surface area contributed by atoms with Gasteiger partial charge in [-0.25, -0.2) is 4.79 Å². The van der Waals surface area contributed by atoms with Crippen molar-refractivity contribution >= 4 is 23.7 Å². The third-order valence-electron chi connectivity index (χ3n) is 7.04. The summed E-state index contributed by atoms with van der Waals surface area (Å²) in [7, 11) is 0. The number of rotatable bonds is 26. The molecule has 0 aromatic heterocycles. The van der Waals surface area contributed by atoms with Crippen molar-refractivity contribution in [1.82, 2.24) is 0 Å². The molecule has 0 radical (unpaired) electrons. The Morgan fingerprint density at radius 1 is 0.692 bits per heavy atom. The molecule has 1 N–H and O–H groups in total. The summed E-state index contributed by atoms with van der Waals surface area (Å²) < 4.78 is 10.7. The summed E-state index contributed by atoms with van der Waals surface area (Å²) in [4.78, 5) is 24.3. The minimum atomic E-state index is -0.350. The predicted molar refractivity (Wildman–Crippen MR) is 165 cm³/mol. The molecule has 0 bridgehead atoms. The molecule has 0 amide bonds. The second kappa shape index (κ2) is 25.3. The van der Waals surface area contributed by atoms with Crippen LogP contribution in [0.15, 0.2) is 18.2 Å². The largest absolute Gasteiger partial charge is 0.508 e. The Hall–Kier alpha value is -1.69. The average molecular weight is 565 g/mol. The first-order chi connectivity index (χ1) is 19.1. The Kier molecular flexibility index (Phi) is 22.9. The highest BCUT2D eigenvalue weighted by molar-refractivity contribution is 7.99. The van der Waals surface area contributed by atoms with Gasteiger partial charge in [-0.3, -0.25) is 4.79 Å². The molecule has 0 unspecified atom stereocenters. The second-order valence-electron chi connectivity index (χ2n) is 10.6. The molecule has 0 aliphatic carbocycles. The van der Waals surface area contributed by atoms with Crippen LogP contribution in [0.25, 0.3) is 0 Å². The number of benzene rings is 1. The zero-order valence-corrected chi connectivity index (χ0v) is 25.8. The number of aryl methyl sites for hydroxylation is 1. The van der Waals surface area contributed by atoms with Gasteiger partial charge < -0.3 is 14.6 Å². The van der Waals surface area contributed by atoms with E-state index in [4.69, 9.17) is 9.47 Å². The smallest absolute Gasteiger partial charge is 0.338 e. The van der Waals surface area contributed by atoms with Gasteiger partial charge in [0.2, 0.25) is 0 Å². The molecule has 224 valence electrons. The standard InChI is InChI=1S/C33H56O5S/c1-3-5-7-8-9-10-11-12-13-14-15-16-17-18-19-21-32(35)37-24-26-39-27-25-38-33(36)31-23-22-30(34)28-29(31)20-6-4-2/h22-23,28,34H,3-21,24-27H2,1-2H3. The molecule has 0 heterocycles. The van der Waals surface area contributed by atoms with Crippen molar-refractivity contribution in [3.05, 3.63) is 29.3 Å². The quantitative estimate of drug-likeness (QED) is 0.0892. The predicted octanol–water partition coefficient (Wildman–Crippen LogP) is 9.43. The van der Waals surface area contributed by atoms with Gasteiger partial charge in [-0.05, 0) is 43.0 Å². The van der Waals surface area contributed by atoms with Crippen molar-refractivity contribution in [3.8, 4) is 5.75 Å². The number of carbonyl (C=O) groups is 2. The second-order valence-corrected chi connectivity index (χ2v) is 11.8. The van der Waals surface area contributed by atoms with E-state index in [1.165, 1.54) is 89.5 Å². The molecule has 39 heavy (non-hydrogen) atoms. The number of ether oxygens (including phenoxy) is 2. The zero-order chi connectivity index (χ0) is 28.4. The highest BCUT2D eigenvalue weighted by Gasteiger charge is 2.13. The van der Waals surface area contributed by atoms with E-state index in [-0.39, 0.29) is 17.7 Å². The molecule has 6 heteroatoms. The number of hydrogen-bond acceptors (Lipinski definition) is 6. The molecule has 0 aliphatic rings. The minimum absolute atomic E-state index is 0.108. The van der Waals surface area contributed by atoms with Gasteiger partial charge >= 0.3 is 11.9 Å². The lowest BCUT2D eigenvalue weighted by Crippen LogP contribution is -2.11. The molecule has 1 aromatic rings. The third kappa shape index (κ3) is 19.9. The van der Waals surface area contributed by atoms with Crippen molar-refractivity contribution in [2.24, 2.45) is 0 Å². The third-order valence-corrected chi connectivity index (χ3v) is 7.96. The topological polar surface area (TPSA) is 72.8 Å². The number of aromatic hydroxyl groups is 1. The normalized spacial score (nSPS) is 11.0. The first-order valence-corrected chi connectivity index (χ1v) is 17.0. The van der Waals surface area contributed by atoms with Gasteiger partial charge in [-0.2, -0.15) is 11.8 Å². The monoisotopic (exact) mass is 564 g/mol. The molecular weight excluding hydrogens is 508 g/mol. The van der Waals surface area contributed by atoms with Crippen LogP contribution in [0, 0.1) is 0 Å². The summed E-state index contributed by atoms with van der Waals surface area (Å²) in [5.41, 5.74) is 1.36. The van der Waals surface area contributed by atoms with Crippen LogP contribution >= 0.6 is 11.8 Å². The lowest BCUT2D eigenvalue weighted by atomic mass is 10.0. The van der Waals surface area contributed by atoms with Crippen LogP contribution in [0.5, 0.6) is 5.75 Å². The van der Waals surface area contributed by atoms with Gasteiger partial charge in [0, 0.05) is 17.9 Å². The maximum absolute atomic E-state index is 12.4. The number of phenols is 1. The zero-order valence-electron chi connectivity index (χ0n) is 25.0. The number of esters is 2. The number of unbranched alkanes of at least 4 members (excludes halogenated alkanes) is 15. The van der Waals surface area contributed by atoms with Crippen molar-refractivity contribution in [2.75, 3.05) is 24.7 Å². The van der Waals surface area contributed by atoms with Crippen LogP contribution in [0.3, 0.4) is 0 Å². The van der Waals surface area contributed by atoms with Crippen LogP contribution in [-0.4, -0.2) is 41.8 Å². The summed E-state index contributed by atoms with van der Waals surface area (Å²) in [6, 6.07) is 4.80. The summed E-state index contributed by atoms with van der Waals surface area (Å²) in [6.07, 6.45) is 23.0. The number of phenolic OH excluding ortho intramolecular Hbond substituents is 1. The molecule has 0 saturated carbocycles. The van der Waals surface area contributed by atoms with Crippen LogP contribution < -0.4 is 0 Å². The lowest BCUT2D eigenvalue weighted by molar-refractivity contribution is -0.143. The summed E-state index contributed by atoms with van der Waals surface area (Å²) in [5.74, 6) is 1.07. The Balaban J connectivity index is 1.91. The van der Waals surface area contributed by atoms with E-state index in [1.807, 2.05) is 0 Å². The summed E-state index contributed by atoms with van der Waals surface area (Å²) >= 11 is 1.61. The number of thioether (sulfide) groups is 1. The highest BCUT2D eigenvalue weighted by atomic mass is 32.2. The lowest BCUT2D eigenvalue weighted by Gasteiger charge is -2.10. The summed E-state index contributed by atoms with van der Waals surface area (Å²) in [6.45, 7) is 5.07. The molecule has 1 aromatic carbocycles. The van der Waals surface area contributed by atoms with E-state index in [1.54, 1.807) is 23.9 Å². The molecule has 0 saturated heterocycles. The maximum Gasteiger partial charge on any atom is 0.338 e. The fourth-order valence-corrected chi connectivity index (χ4v) is 5.26. The van der Waals surface area contributed by atoms with Gasteiger partial charge in [0.25, 0.3) is 0 Å². The van der Waals surface area contributed by atoms with Crippen molar-refractivity contribution in [2.45, 2.75) is 136 Å².